The number of carbonyl (C=O) groups excluding carboxylic acids is 1. The molecule has 0 radical (unpaired) electrons. The van der Waals surface area contributed by atoms with E-state index in [2.05, 4.69) is 4.98 Å². The third-order valence-electron chi connectivity index (χ3n) is 4.50. The highest BCUT2D eigenvalue weighted by Gasteiger charge is 2.16. The highest BCUT2D eigenvalue weighted by Crippen LogP contribution is 2.23. The number of thioether (sulfide) groups is 1. The molecule has 2 aromatic heterocycles. The lowest BCUT2D eigenvalue weighted by Gasteiger charge is -2.12. The van der Waals surface area contributed by atoms with Gasteiger partial charge in [0.05, 0.1) is 36.6 Å². The van der Waals surface area contributed by atoms with Gasteiger partial charge in [-0.05, 0) is 42.5 Å². The molecule has 0 spiro atoms. The second kappa shape index (κ2) is 8.77. The molecule has 0 saturated carbocycles. The van der Waals surface area contributed by atoms with E-state index in [1.54, 1.807) is 68.0 Å². The lowest BCUT2D eigenvalue weighted by molar-refractivity contribution is 0.102. The molecule has 152 valence electrons. The van der Waals surface area contributed by atoms with Gasteiger partial charge in [-0.1, -0.05) is 35.5 Å². The van der Waals surface area contributed by atoms with Gasteiger partial charge in [-0.3, -0.25) is 14.2 Å². The van der Waals surface area contributed by atoms with Crippen molar-refractivity contribution in [2.75, 3.05) is 12.9 Å². The van der Waals surface area contributed by atoms with Crippen LogP contribution in [0.2, 0.25) is 5.02 Å². The number of rotatable bonds is 7. The summed E-state index contributed by atoms with van der Waals surface area (Å²) in [6.07, 6.45) is 1.55. The van der Waals surface area contributed by atoms with Crippen molar-refractivity contribution in [1.82, 2.24) is 9.55 Å². The summed E-state index contributed by atoms with van der Waals surface area (Å²) in [7, 11) is 1.55. The highest BCUT2D eigenvalue weighted by molar-refractivity contribution is 7.99. The van der Waals surface area contributed by atoms with Crippen LogP contribution >= 0.6 is 23.4 Å². The molecule has 0 aliphatic rings. The molecule has 0 unspecified atom stereocenters. The van der Waals surface area contributed by atoms with Crippen molar-refractivity contribution in [3.05, 3.63) is 87.6 Å². The molecule has 0 atom stereocenters. The number of aromatic nitrogens is 2. The molecule has 8 heteroatoms. The van der Waals surface area contributed by atoms with Gasteiger partial charge in [0.25, 0.3) is 5.56 Å². The molecule has 4 rings (SSSR count). The van der Waals surface area contributed by atoms with Crippen molar-refractivity contribution in [3.63, 3.8) is 0 Å². The Bertz CT molecular complexity index is 1270. The van der Waals surface area contributed by atoms with E-state index in [1.807, 2.05) is 0 Å². The summed E-state index contributed by atoms with van der Waals surface area (Å²) in [6, 6.07) is 15.5. The van der Waals surface area contributed by atoms with Gasteiger partial charge >= 0.3 is 0 Å². The summed E-state index contributed by atoms with van der Waals surface area (Å²) in [4.78, 5) is 30.4. The molecule has 0 N–H and O–H groups in total. The molecule has 0 aliphatic heterocycles. The van der Waals surface area contributed by atoms with Gasteiger partial charge in [0.2, 0.25) is 0 Å². The Balaban J connectivity index is 1.69. The Morgan fingerprint density at radius 3 is 2.83 bits per heavy atom. The average molecular weight is 441 g/mol. The Morgan fingerprint density at radius 2 is 2.07 bits per heavy atom. The third-order valence-corrected chi connectivity index (χ3v) is 5.71. The van der Waals surface area contributed by atoms with Crippen LogP contribution in [0.15, 0.2) is 75.2 Å². The Hall–Kier alpha value is -3.03. The summed E-state index contributed by atoms with van der Waals surface area (Å²) >= 11 is 7.27. The van der Waals surface area contributed by atoms with Crippen molar-refractivity contribution in [2.45, 2.75) is 11.7 Å². The van der Waals surface area contributed by atoms with Crippen LogP contribution in [-0.4, -0.2) is 28.2 Å². The molecular weight excluding hydrogens is 424 g/mol. The van der Waals surface area contributed by atoms with Crippen LogP contribution < -0.4 is 10.3 Å². The van der Waals surface area contributed by atoms with Crippen LogP contribution in [0, 0.1) is 0 Å². The molecular formula is C22H17ClN2O4S. The summed E-state index contributed by atoms with van der Waals surface area (Å²) in [5.74, 6) is 1.25. The van der Waals surface area contributed by atoms with Crippen LogP contribution in [0.1, 0.15) is 16.1 Å². The quantitative estimate of drug-likeness (QED) is 0.236. The Kier molecular flexibility index (Phi) is 5.92. The molecule has 0 aliphatic carbocycles. The molecule has 0 bridgehead atoms. The third kappa shape index (κ3) is 4.27. The van der Waals surface area contributed by atoms with Gasteiger partial charge in [-0.2, -0.15) is 0 Å². The van der Waals surface area contributed by atoms with E-state index in [0.717, 1.165) is 0 Å². The number of Topliss-reactive ketones (excluding diaryl/α,β-unsaturated/α-hetero) is 1. The molecule has 2 heterocycles. The number of methoxy groups -OCH3 is 1. The predicted octanol–water partition coefficient (Wildman–Crippen LogP) is 4.67. The zero-order chi connectivity index (χ0) is 21.1. The van der Waals surface area contributed by atoms with Crippen molar-refractivity contribution in [2.24, 2.45) is 0 Å². The maximum atomic E-state index is 13.1. The number of hydrogen-bond acceptors (Lipinski definition) is 6. The molecule has 0 saturated heterocycles. The monoisotopic (exact) mass is 440 g/mol. The zero-order valence-electron chi connectivity index (χ0n) is 16.0. The normalized spacial score (nSPS) is 11.0. The first kappa shape index (κ1) is 20.3. The van der Waals surface area contributed by atoms with Gasteiger partial charge in [0, 0.05) is 10.6 Å². The minimum absolute atomic E-state index is 0.0936. The molecule has 6 nitrogen and oxygen atoms in total. The lowest BCUT2D eigenvalue weighted by atomic mass is 10.1. The van der Waals surface area contributed by atoms with Crippen LogP contribution in [0.4, 0.5) is 0 Å². The van der Waals surface area contributed by atoms with Gasteiger partial charge in [0.15, 0.2) is 10.9 Å². The van der Waals surface area contributed by atoms with Crippen molar-refractivity contribution in [1.29, 1.82) is 0 Å². The first-order valence-corrected chi connectivity index (χ1v) is 10.4. The largest absolute Gasteiger partial charge is 0.497 e. The highest BCUT2D eigenvalue weighted by atomic mass is 35.5. The van der Waals surface area contributed by atoms with Crippen LogP contribution in [0.5, 0.6) is 5.75 Å². The number of fused-ring (bicyclic) bond motifs is 1. The van der Waals surface area contributed by atoms with Gasteiger partial charge in [-0.15, -0.1) is 0 Å². The van der Waals surface area contributed by atoms with Crippen LogP contribution in [-0.2, 0) is 6.54 Å². The Morgan fingerprint density at radius 1 is 1.20 bits per heavy atom. The summed E-state index contributed by atoms with van der Waals surface area (Å²) < 4.78 is 12.1. The number of ether oxygens (including phenoxy) is 1. The van der Waals surface area contributed by atoms with E-state index in [1.165, 1.54) is 16.3 Å². The van der Waals surface area contributed by atoms with Gasteiger partial charge in [-0.25, -0.2) is 4.98 Å². The Labute approximate surface area is 181 Å². The predicted molar refractivity (Wildman–Crippen MR) is 117 cm³/mol. The second-order valence-electron chi connectivity index (χ2n) is 6.47. The van der Waals surface area contributed by atoms with Gasteiger partial charge in [0.1, 0.15) is 11.5 Å². The SMILES string of the molecule is COc1cccc(C(=O)CSc2nc3cc(Cl)ccc3c(=O)n2Cc2ccco2)c1. The van der Waals surface area contributed by atoms with E-state index in [0.29, 0.717) is 38.2 Å². The van der Waals surface area contributed by atoms with E-state index in [-0.39, 0.29) is 23.6 Å². The fraction of sp³-hybridized carbons (Fsp3) is 0.136. The number of nitrogens with zero attached hydrogens (tertiary/aromatic N) is 2. The fourth-order valence-electron chi connectivity index (χ4n) is 2.99. The van der Waals surface area contributed by atoms with E-state index < -0.39 is 0 Å². The maximum Gasteiger partial charge on any atom is 0.262 e. The van der Waals surface area contributed by atoms with Crippen LogP contribution in [0.25, 0.3) is 10.9 Å². The minimum atomic E-state index is -0.218. The molecule has 0 fully saturated rings. The van der Waals surface area contributed by atoms with Crippen LogP contribution in [0.3, 0.4) is 0 Å². The van der Waals surface area contributed by atoms with Crippen molar-refractivity contribution < 1.29 is 13.9 Å². The summed E-state index contributed by atoms with van der Waals surface area (Å²) in [5, 5.41) is 1.36. The second-order valence-corrected chi connectivity index (χ2v) is 7.85. The zero-order valence-corrected chi connectivity index (χ0v) is 17.6. The topological polar surface area (TPSA) is 74.3 Å². The number of ketones is 1. The lowest BCUT2D eigenvalue weighted by Crippen LogP contribution is -2.24. The average Bonchev–Trinajstić information content (AvgIpc) is 3.27. The van der Waals surface area contributed by atoms with E-state index >= 15 is 0 Å². The van der Waals surface area contributed by atoms with E-state index in [9.17, 15) is 9.59 Å². The standard InChI is InChI=1S/C22H17ClN2O4S/c1-28-16-5-2-4-14(10-16)20(26)13-30-22-24-19-11-15(23)7-8-18(19)21(27)25(22)12-17-6-3-9-29-17/h2-11H,12-13H2,1H3. The maximum absolute atomic E-state index is 13.1. The molecule has 30 heavy (non-hydrogen) atoms. The number of hydrogen-bond donors (Lipinski definition) is 0. The first-order chi connectivity index (χ1) is 14.5. The summed E-state index contributed by atoms with van der Waals surface area (Å²) in [6.45, 7) is 0.215. The van der Waals surface area contributed by atoms with E-state index in [4.69, 9.17) is 20.8 Å². The fourth-order valence-corrected chi connectivity index (χ4v) is 4.05. The van der Waals surface area contributed by atoms with Gasteiger partial charge < -0.3 is 9.15 Å². The van der Waals surface area contributed by atoms with Crippen molar-refractivity contribution >= 4 is 40.0 Å². The number of carbonyl (C=O) groups is 1. The minimum Gasteiger partial charge on any atom is -0.497 e. The summed E-state index contributed by atoms with van der Waals surface area (Å²) in [5.41, 5.74) is 0.800. The first-order valence-electron chi connectivity index (χ1n) is 9.07. The number of halogens is 1. The van der Waals surface area contributed by atoms with Crippen molar-refractivity contribution in [3.8, 4) is 5.75 Å². The molecule has 2 aromatic carbocycles. The number of furan rings is 1. The smallest absolute Gasteiger partial charge is 0.262 e. The molecule has 4 aromatic rings. The molecule has 0 amide bonds. The number of benzene rings is 2.